The summed E-state index contributed by atoms with van der Waals surface area (Å²) in [6.45, 7) is 3.74. The summed E-state index contributed by atoms with van der Waals surface area (Å²) in [5, 5.41) is 11.6. The molecule has 0 radical (unpaired) electrons. The maximum atomic E-state index is 12.1. The zero-order valence-electron chi connectivity index (χ0n) is 13.0. The number of amides is 1. The zero-order valence-corrected chi connectivity index (χ0v) is 14.7. The molecule has 0 saturated heterocycles. The molecular formula is C15H17N3O3S2. The van der Waals surface area contributed by atoms with Crippen LogP contribution in [0.2, 0.25) is 0 Å². The van der Waals surface area contributed by atoms with Crippen LogP contribution in [0.3, 0.4) is 0 Å². The second-order valence-corrected chi connectivity index (χ2v) is 7.10. The molecule has 0 aliphatic carbocycles. The van der Waals surface area contributed by atoms with Gasteiger partial charge in [0.25, 0.3) is 0 Å². The average molecular weight is 351 g/mol. The molecule has 1 N–H and O–H groups in total. The number of ether oxygens (including phenoxy) is 1. The molecule has 1 aromatic carbocycles. The summed E-state index contributed by atoms with van der Waals surface area (Å²) >= 11 is 2.52. The van der Waals surface area contributed by atoms with Crippen LogP contribution in [0.15, 0.2) is 24.3 Å². The largest absolute Gasteiger partial charge is 0.468 e. The first-order valence-corrected chi connectivity index (χ1v) is 8.76. The Balaban J connectivity index is 1.94. The number of methoxy groups -OCH3 is 1. The fraction of sp³-hybridized carbons (Fsp3) is 0.333. The van der Waals surface area contributed by atoms with E-state index in [1.807, 2.05) is 31.2 Å². The van der Waals surface area contributed by atoms with Gasteiger partial charge in [0.15, 0.2) is 0 Å². The first-order valence-electron chi connectivity index (χ1n) is 6.89. The van der Waals surface area contributed by atoms with Crippen LogP contribution in [0.25, 0.3) is 10.6 Å². The number of anilines is 1. The number of esters is 1. The fourth-order valence-electron chi connectivity index (χ4n) is 1.62. The summed E-state index contributed by atoms with van der Waals surface area (Å²) in [5.74, 6) is -0.437. The Bertz CT molecular complexity index is 686. The molecule has 122 valence electrons. The van der Waals surface area contributed by atoms with Crippen molar-refractivity contribution in [2.24, 2.45) is 0 Å². The molecule has 1 amide bonds. The van der Waals surface area contributed by atoms with Crippen LogP contribution in [-0.4, -0.2) is 40.2 Å². The number of benzene rings is 1. The lowest BCUT2D eigenvalue weighted by molar-refractivity contribution is -0.137. The van der Waals surface area contributed by atoms with E-state index in [0.29, 0.717) is 5.13 Å². The number of nitrogens with one attached hydrogen (secondary N) is 1. The summed E-state index contributed by atoms with van der Waals surface area (Å²) < 4.78 is 4.55. The van der Waals surface area contributed by atoms with E-state index in [1.54, 1.807) is 6.92 Å². The van der Waals surface area contributed by atoms with Crippen molar-refractivity contribution in [3.63, 3.8) is 0 Å². The van der Waals surface area contributed by atoms with E-state index in [0.717, 1.165) is 10.6 Å². The quantitative estimate of drug-likeness (QED) is 0.806. The predicted octanol–water partition coefficient (Wildman–Crippen LogP) is 2.75. The SMILES string of the molecule is COC(=O)CS[C@H](C)C(=O)Nc1nnc(-c2ccc(C)cc2)s1. The minimum absolute atomic E-state index is 0.135. The summed E-state index contributed by atoms with van der Waals surface area (Å²) in [4.78, 5) is 23.1. The molecular weight excluding hydrogens is 334 g/mol. The molecule has 0 saturated carbocycles. The van der Waals surface area contributed by atoms with Crippen LogP contribution in [0.4, 0.5) is 5.13 Å². The number of thioether (sulfide) groups is 1. The van der Waals surface area contributed by atoms with Gasteiger partial charge < -0.3 is 4.74 Å². The number of hydrogen-bond donors (Lipinski definition) is 1. The van der Waals surface area contributed by atoms with Crippen molar-refractivity contribution < 1.29 is 14.3 Å². The van der Waals surface area contributed by atoms with Gasteiger partial charge in [0, 0.05) is 5.56 Å². The molecule has 6 nitrogen and oxygen atoms in total. The normalized spacial score (nSPS) is 11.8. The van der Waals surface area contributed by atoms with Crippen molar-refractivity contribution in [2.45, 2.75) is 19.1 Å². The van der Waals surface area contributed by atoms with Gasteiger partial charge in [-0.05, 0) is 13.8 Å². The molecule has 23 heavy (non-hydrogen) atoms. The molecule has 0 fully saturated rings. The Hall–Kier alpha value is -1.93. The minimum Gasteiger partial charge on any atom is -0.468 e. The molecule has 0 unspecified atom stereocenters. The number of carbonyl (C=O) groups is 2. The molecule has 8 heteroatoms. The maximum Gasteiger partial charge on any atom is 0.315 e. The number of rotatable bonds is 6. The number of carbonyl (C=O) groups excluding carboxylic acids is 2. The van der Waals surface area contributed by atoms with Gasteiger partial charge in [0.1, 0.15) is 5.01 Å². The third-order valence-electron chi connectivity index (χ3n) is 3.00. The number of aromatic nitrogens is 2. The standard InChI is InChI=1S/C15H17N3O3S2/c1-9-4-6-11(7-5-9)14-17-18-15(23-14)16-13(20)10(2)22-8-12(19)21-3/h4-7,10H,8H2,1-3H3,(H,16,18,20)/t10-/m1/s1. The average Bonchev–Trinajstić information content (AvgIpc) is 3.01. The zero-order chi connectivity index (χ0) is 16.8. The van der Waals surface area contributed by atoms with Gasteiger partial charge in [0.05, 0.1) is 18.1 Å². The van der Waals surface area contributed by atoms with Gasteiger partial charge in [-0.2, -0.15) is 0 Å². The second-order valence-electron chi connectivity index (χ2n) is 4.80. The molecule has 2 rings (SSSR count). The van der Waals surface area contributed by atoms with Crippen molar-refractivity contribution in [3.05, 3.63) is 29.8 Å². The Kier molecular flexibility index (Phi) is 6.12. The Morgan fingerprint density at radius 2 is 2.00 bits per heavy atom. The van der Waals surface area contributed by atoms with Gasteiger partial charge in [-0.1, -0.05) is 41.2 Å². The van der Waals surface area contributed by atoms with E-state index >= 15 is 0 Å². The van der Waals surface area contributed by atoms with Gasteiger partial charge in [-0.25, -0.2) is 0 Å². The molecule has 0 spiro atoms. The van der Waals surface area contributed by atoms with Crippen LogP contribution < -0.4 is 5.32 Å². The van der Waals surface area contributed by atoms with Crippen molar-refractivity contribution >= 4 is 40.1 Å². The third kappa shape index (κ3) is 5.04. The molecule has 1 aromatic heterocycles. The highest BCUT2D eigenvalue weighted by Gasteiger charge is 2.17. The van der Waals surface area contributed by atoms with E-state index in [2.05, 4.69) is 20.3 Å². The van der Waals surface area contributed by atoms with Crippen LogP contribution in [-0.2, 0) is 14.3 Å². The first kappa shape index (κ1) is 17.4. The summed E-state index contributed by atoms with van der Waals surface area (Å²) in [7, 11) is 1.32. The van der Waals surface area contributed by atoms with Gasteiger partial charge >= 0.3 is 5.97 Å². The van der Waals surface area contributed by atoms with Gasteiger partial charge in [-0.3, -0.25) is 14.9 Å². The van der Waals surface area contributed by atoms with Crippen molar-refractivity contribution in [3.8, 4) is 10.6 Å². The number of aryl methyl sites for hydroxylation is 1. The highest BCUT2D eigenvalue weighted by molar-refractivity contribution is 8.01. The van der Waals surface area contributed by atoms with Crippen LogP contribution in [0.1, 0.15) is 12.5 Å². The second kappa shape index (κ2) is 8.07. The maximum absolute atomic E-state index is 12.1. The van der Waals surface area contributed by atoms with Crippen LogP contribution >= 0.6 is 23.1 Å². The molecule has 1 atom stereocenters. The van der Waals surface area contributed by atoms with Crippen molar-refractivity contribution in [1.82, 2.24) is 10.2 Å². The Labute approximate surface area is 142 Å². The lowest BCUT2D eigenvalue weighted by Crippen LogP contribution is -2.23. The van der Waals surface area contributed by atoms with Crippen LogP contribution in [0.5, 0.6) is 0 Å². The predicted molar refractivity (Wildman–Crippen MR) is 92.6 cm³/mol. The molecule has 1 heterocycles. The Morgan fingerprint density at radius 1 is 1.30 bits per heavy atom. The Morgan fingerprint density at radius 3 is 2.65 bits per heavy atom. The fourth-order valence-corrected chi connectivity index (χ4v) is 3.09. The third-order valence-corrected chi connectivity index (χ3v) is 5.01. The molecule has 2 aromatic rings. The highest BCUT2D eigenvalue weighted by Crippen LogP contribution is 2.27. The lowest BCUT2D eigenvalue weighted by Gasteiger charge is -2.08. The van der Waals surface area contributed by atoms with E-state index in [4.69, 9.17) is 0 Å². The summed E-state index contributed by atoms with van der Waals surface area (Å²) in [6, 6.07) is 7.94. The topological polar surface area (TPSA) is 81.2 Å². The van der Waals surface area contributed by atoms with Crippen molar-refractivity contribution in [2.75, 3.05) is 18.2 Å². The lowest BCUT2D eigenvalue weighted by atomic mass is 10.2. The first-order chi connectivity index (χ1) is 11.0. The summed E-state index contributed by atoms with van der Waals surface area (Å²) in [5.41, 5.74) is 2.13. The minimum atomic E-state index is -0.388. The number of hydrogen-bond acceptors (Lipinski definition) is 7. The summed E-state index contributed by atoms with van der Waals surface area (Å²) in [6.07, 6.45) is 0. The van der Waals surface area contributed by atoms with E-state index in [-0.39, 0.29) is 22.9 Å². The monoisotopic (exact) mass is 351 g/mol. The van der Waals surface area contributed by atoms with Crippen molar-refractivity contribution in [1.29, 1.82) is 0 Å². The smallest absolute Gasteiger partial charge is 0.315 e. The molecule has 0 aliphatic rings. The van der Waals surface area contributed by atoms with E-state index in [9.17, 15) is 9.59 Å². The molecule has 0 aliphatic heterocycles. The van der Waals surface area contributed by atoms with E-state index < -0.39 is 0 Å². The van der Waals surface area contributed by atoms with Gasteiger partial charge in [0.2, 0.25) is 11.0 Å². The van der Waals surface area contributed by atoms with E-state index in [1.165, 1.54) is 35.8 Å². The number of nitrogens with zero attached hydrogens (tertiary/aromatic N) is 2. The van der Waals surface area contributed by atoms with Gasteiger partial charge in [-0.15, -0.1) is 22.0 Å². The van der Waals surface area contributed by atoms with Crippen LogP contribution in [0, 0.1) is 6.92 Å². The highest BCUT2D eigenvalue weighted by atomic mass is 32.2. The molecule has 0 bridgehead atoms.